The molecule has 4 heterocycles. The van der Waals surface area contributed by atoms with Crippen LogP contribution in [0.1, 0.15) is 12.5 Å². The number of aromatic hydroxyl groups is 2. The van der Waals surface area contributed by atoms with Gasteiger partial charge in [-0.3, -0.25) is 0 Å². The maximum atomic E-state index is 11.4. The first-order valence-electron chi connectivity index (χ1n) is 16.6. The molecule has 0 amide bonds. The van der Waals surface area contributed by atoms with E-state index in [-0.39, 0.29) is 28.4 Å². The van der Waals surface area contributed by atoms with Gasteiger partial charge in [0, 0.05) is 18.2 Å². The number of aliphatic hydroxyl groups is 13. The van der Waals surface area contributed by atoms with E-state index in [4.69, 9.17) is 28.4 Å². The van der Waals surface area contributed by atoms with E-state index >= 15 is 0 Å². The number of fused-ring (bicyclic) bond motifs is 1. The normalized spacial score (nSPS) is 41.8. The number of ether oxygens (including phenoxy) is 7. The number of hydrogen-bond donors (Lipinski definition) is 13. The van der Waals surface area contributed by atoms with Gasteiger partial charge in [-0.1, -0.05) is 0 Å². The second kappa shape index (κ2) is 15.6. The summed E-state index contributed by atoms with van der Waals surface area (Å²) in [6.45, 7) is -0.0372. The maximum absolute atomic E-state index is 11.4. The Morgan fingerprint density at radius 2 is 1.36 bits per heavy atom. The van der Waals surface area contributed by atoms with Crippen LogP contribution in [0.15, 0.2) is 59.3 Å². The summed E-state index contributed by atoms with van der Waals surface area (Å²) < 4.78 is 39.1. The van der Waals surface area contributed by atoms with Gasteiger partial charge < -0.3 is 99.5 Å². The first kappa shape index (κ1) is 39.1. The summed E-state index contributed by atoms with van der Waals surface area (Å²) in [5.74, 6) is -1.98. The Kier molecular flexibility index (Phi) is 11.5. The second-order valence-electron chi connectivity index (χ2n) is 13.2. The number of hydrogen-bond acceptors (Lipinski definition) is 19. The topological polar surface area (TPSA) is 331 Å². The molecule has 4 aliphatic heterocycles. The Labute approximate surface area is 300 Å². The van der Waals surface area contributed by atoms with Crippen molar-refractivity contribution in [1.29, 1.82) is 0 Å². The van der Waals surface area contributed by atoms with E-state index < -0.39 is 129 Å². The Balaban J connectivity index is 1.35. The molecule has 1 aromatic rings. The molecular formula is C33H43O20+. The van der Waals surface area contributed by atoms with Crippen LogP contribution in [-0.2, 0) is 28.4 Å². The van der Waals surface area contributed by atoms with Crippen molar-refractivity contribution < 1.29 is 99.5 Å². The highest BCUT2D eigenvalue weighted by Gasteiger charge is 2.53. The number of phenolic OH excluding ortho intramolecular Hbond substituents is 2. The van der Waals surface area contributed by atoms with Crippen molar-refractivity contribution in [2.75, 3.05) is 13.2 Å². The highest BCUT2D eigenvalue weighted by molar-refractivity contribution is 5.69. The van der Waals surface area contributed by atoms with Gasteiger partial charge in [0.05, 0.1) is 36.5 Å². The first-order valence-corrected chi connectivity index (χ1v) is 16.6. The van der Waals surface area contributed by atoms with Gasteiger partial charge in [0.2, 0.25) is 18.2 Å². The number of phenols is 2. The predicted molar refractivity (Wildman–Crippen MR) is 171 cm³/mol. The molecule has 14 N–H and O–H groups in total. The molecule has 1 aliphatic carbocycles. The molecule has 3 saturated heterocycles. The average molecular weight is 760 g/mol. The summed E-state index contributed by atoms with van der Waals surface area (Å²) in [4.78, 5) is 0. The zero-order chi connectivity index (χ0) is 38.5. The lowest BCUT2D eigenvalue weighted by molar-refractivity contribution is -0.367. The molecule has 0 radical (unpaired) electrons. The average Bonchev–Trinajstić information content (AvgIpc) is 3.12. The molecule has 53 heavy (non-hydrogen) atoms. The van der Waals surface area contributed by atoms with Crippen molar-refractivity contribution in [1.82, 2.24) is 0 Å². The molecule has 16 unspecified atom stereocenters. The molecule has 3 fully saturated rings. The van der Waals surface area contributed by atoms with E-state index in [0.717, 1.165) is 18.2 Å². The summed E-state index contributed by atoms with van der Waals surface area (Å²) in [5.41, 5.74) is 0.263. The highest BCUT2D eigenvalue weighted by atomic mass is 16.8. The van der Waals surface area contributed by atoms with Crippen LogP contribution in [0.5, 0.6) is 11.5 Å². The van der Waals surface area contributed by atoms with Crippen LogP contribution >= 0.6 is 0 Å². The van der Waals surface area contributed by atoms with Gasteiger partial charge in [-0.05, 0) is 19.1 Å². The fourth-order valence-corrected chi connectivity index (χ4v) is 6.41. The van der Waals surface area contributed by atoms with E-state index in [2.05, 4.69) is 4.74 Å². The molecule has 16 atom stereocenters. The van der Waals surface area contributed by atoms with Crippen molar-refractivity contribution in [3.8, 4) is 11.5 Å². The summed E-state index contributed by atoms with van der Waals surface area (Å²) in [6.07, 6.45) is -22.6. The predicted octanol–water partition coefficient (Wildman–Crippen LogP) is -4.01. The second-order valence-corrected chi connectivity index (χ2v) is 13.2. The molecule has 294 valence electrons. The first-order chi connectivity index (χ1) is 25.1. The minimum Gasteiger partial charge on any atom is -0.571 e. The standard InChI is InChI=1S/C33H42O20/c1-10-21(39)24(42)27(45)31(48-10)47-9-20-23(41)26(44)30(53-32-28(46)25(43)22(40)19(8-34)51-32)33(52-20)50-18-7-13-15(37)5-12(35)6-17(13)49-29(18)11-2-3-14(36)16(38)4-11/h2-7,10,17,19-28,30-46H,8-9H2,1H3/p+1. The Morgan fingerprint density at radius 1 is 0.698 bits per heavy atom. The molecular weight excluding hydrogens is 716 g/mol. The van der Waals surface area contributed by atoms with Crippen LogP contribution in [0.25, 0.3) is 5.76 Å². The molecule has 0 bridgehead atoms. The van der Waals surface area contributed by atoms with Gasteiger partial charge in [0.1, 0.15) is 72.6 Å². The maximum Gasteiger partial charge on any atom is 0.305 e. The summed E-state index contributed by atoms with van der Waals surface area (Å²) >= 11 is 0. The van der Waals surface area contributed by atoms with E-state index in [1.54, 1.807) is 0 Å². The molecule has 1 aromatic carbocycles. The summed E-state index contributed by atoms with van der Waals surface area (Å²) in [7, 11) is 0. The van der Waals surface area contributed by atoms with Gasteiger partial charge >= 0.3 is 5.76 Å². The van der Waals surface area contributed by atoms with Crippen LogP contribution in [0.3, 0.4) is 0 Å². The van der Waals surface area contributed by atoms with Crippen LogP contribution in [0, 0.1) is 0 Å². The van der Waals surface area contributed by atoms with Crippen molar-refractivity contribution in [2.24, 2.45) is 0 Å². The fraction of sp³-hybridized carbons (Fsp3) is 0.576. The smallest absolute Gasteiger partial charge is 0.305 e. The summed E-state index contributed by atoms with van der Waals surface area (Å²) in [6, 6.07) is 3.65. The number of aliphatic hydroxyl groups excluding tert-OH is 11. The van der Waals surface area contributed by atoms with E-state index in [9.17, 15) is 66.4 Å². The molecule has 5 aliphatic rings. The van der Waals surface area contributed by atoms with Crippen molar-refractivity contribution in [3.63, 3.8) is 0 Å². The van der Waals surface area contributed by atoms with E-state index in [1.165, 1.54) is 25.1 Å². The Bertz CT molecular complexity index is 1610. The van der Waals surface area contributed by atoms with E-state index in [1.807, 2.05) is 0 Å². The molecule has 0 spiro atoms. The minimum atomic E-state index is -1.98. The summed E-state index contributed by atoms with van der Waals surface area (Å²) in [5, 5.41) is 135. The number of benzene rings is 1. The lowest BCUT2D eigenvalue weighted by Gasteiger charge is -2.46. The molecule has 0 aromatic heterocycles. The third kappa shape index (κ3) is 7.70. The molecule has 20 heteroatoms. The molecule has 0 saturated carbocycles. The third-order valence-electron chi connectivity index (χ3n) is 9.53. The highest BCUT2D eigenvalue weighted by Crippen LogP contribution is 2.39. The lowest BCUT2D eigenvalue weighted by atomic mass is 9.96. The number of rotatable bonds is 9. The molecule has 20 nitrogen and oxygen atoms in total. The Hall–Kier alpha value is -3.58. The Morgan fingerprint density at radius 3 is 2.06 bits per heavy atom. The zero-order valence-electron chi connectivity index (χ0n) is 27.8. The van der Waals surface area contributed by atoms with Crippen LogP contribution in [0.2, 0.25) is 0 Å². The third-order valence-corrected chi connectivity index (χ3v) is 9.53. The van der Waals surface area contributed by atoms with Crippen molar-refractivity contribution >= 4 is 5.76 Å². The van der Waals surface area contributed by atoms with E-state index in [0.29, 0.717) is 0 Å². The minimum absolute atomic E-state index is 0.0448. The SMILES string of the molecule is CC1OC(OCC2OC(OC3=C(c4ccc(O)c(O)c4)[OH+]C4C=C(O)C=C(O)C4=C3)C(OC3OC(CO)C(O)C(O)C3O)C(O)C2O)C(O)C(O)C1O. The van der Waals surface area contributed by atoms with Gasteiger partial charge in [0.25, 0.3) is 0 Å². The monoisotopic (exact) mass is 759 g/mol. The van der Waals surface area contributed by atoms with Gasteiger partial charge in [-0.25, -0.2) is 0 Å². The largest absolute Gasteiger partial charge is 0.571 e. The number of allylic oxidation sites excluding steroid dienone is 2. The molecule has 6 rings (SSSR count). The van der Waals surface area contributed by atoms with Crippen LogP contribution < -0.4 is 0 Å². The quantitative estimate of drug-likeness (QED) is 0.0842. The fourth-order valence-electron chi connectivity index (χ4n) is 6.41. The van der Waals surface area contributed by atoms with Gasteiger partial charge in [0.15, 0.2) is 30.2 Å². The van der Waals surface area contributed by atoms with Crippen molar-refractivity contribution in [3.05, 3.63) is 64.8 Å². The van der Waals surface area contributed by atoms with Crippen molar-refractivity contribution in [2.45, 2.75) is 105 Å². The van der Waals surface area contributed by atoms with Crippen LogP contribution in [0.4, 0.5) is 0 Å². The zero-order valence-corrected chi connectivity index (χ0v) is 27.8. The van der Waals surface area contributed by atoms with Gasteiger partial charge in [-0.15, -0.1) is 0 Å². The van der Waals surface area contributed by atoms with Gasteiger partial charge in [-0.2, -0.15) is 0 Å². The lowest BCUT2D eigenvalue weighted by Crippen LogP contribution is -2.65. The van der Waals surface area contributed by atoms with Crippen LogP contribution in [-0.4, -0.2) is 183 Å².